The molecule has 0 aliphatic rings. The summed E-state index contributed by atoms with van der Waals surface area (Å²) in [5, 5.41) is 14.6. The fraction of sp³-hybridized carbons (Fsp3) is 0.125. The van der Waals surface area contributed by atoms with Crippen LogP contribution in [-0.2, 0) is 13.1 Å². The summed E-state index contributed by atoms with van der Waals surface area (Å²) in [6, 6.07) is 29.3. The Balaban J connectivity index is 0.000000444. The predicted octanol–water partition coefficient (Wildman–Crippen LogP) is 0.172. The van der Waals surface area contributed by atoms with E-state index in [-0.39, 0.29) is 0 Å². The van der Waals surface area contributed by atoms with E-state index in [1.54, 1.807) is 0 Å². The highest BCUT2D eigenvalue weighted by Gasteiger charge is 2.18. The lowest BCUT2D eigenvalue weighted by molar-refractivity contribution is -1.92. The largest absolute Gasteiger partial charge is 0.385 e. The smallest absolute Gasteiger partial charge is 0.212 e. The van der Waals surface area contributed by atoms with Crippen molar-refractivity contribution in [1.29, 1.82) is 0 Å². The Morgan fingerprint density at radius 1 is 0.781 bits per heavy atom. The van der Waals surface area contributed by atoms with Gasteiger partial charge < -0.3 is 9.67 Å². The van der Waals surface area contributed by atoms with E-state index in [0.717, 1.165) is 5.52 Å². The lowest BCUT2D eigenvalue weighted by atomic mass is 10.2. The number of hydrogen-bond acceptors (Lipinski definition) is 5. The number of rotatable bonds is 4. The summed E-state index contributed by atoms with van der Waals surface area (Å²) in [6.07, 6.45) is 1.55. The number of aromatic nitrogens is 2. The first kappa shape index (κ1) is 22.2. The maximum absolute atomic E-state index is 10.9. The van der Waals surface area contributed by atoms with Crippen molar-refractivity contribution in [3.05, 3.63) is 91.1 Å². The number of fused-ring (bicyclic) bond motifs is 4. The molecule has 0 amide bonds. The number of halogens is 1. The first-order valence-corrected chi connectivity index (χ1v) is 11.2. The lowest BCUT2D eigenvalue weighted by Crippen LogP contribution is -2.58. The van der Waals surface area contributed by atoms with Gasteiger partial charge in [-0.3, -0.25) is 0 Å². The summed E-state index contributed by atoms with van der Waals surface area (Å²) >= 11 is 0. The number of aliphatic hydroxyl groups excluding tert-OH is 1. The number of pyridine rings is 1. The molecule has 8 heteroatoms. The molecule has 0 aliphatic carbocycles. The SMILES string of the molecule is OC(Cn1c2ccccc2c2ccccc21)C[n+]1cccc2ccccc21.[O-][Cl+3]([O-])([O-])O. The van der Waals surface area contributed by atoms with Gasteiger partial charge in [0, 0.05) is 39.3 Å². The minimum atomic E-state index is -4.69. The normalized spacial score (nSPS) is 12.7. The molecule has 3 aromatic carbocycles. The van der Waals surface area contributed by atoms with Crippen LogP contribution in [-0.4, -0.2) is 20.4 Å². The molecular formula is C24H22ClN2O5+. The van der Waals surface area contributed by atoms with E-state index in [2.05, 4.69) is 75.9 Å². The van der Waals surface area contributed by atoms with Crippen molar-refractivity contribution < 1.29 is 38.6 Å². The van der Waals surface area contributed by atoms with Crippen LogP contribution in [0.25, 0.3) is 32.7 Å². The minimum Gasteiger partial charge on any atom is -0.385 e. The molecule has 7 nitrogen and oxygen atoms in total. The zero-order valence-electron chi connectivity index (χ0n) is 17.0. The highest BCUT2D eigenvalue weighted by atomic mass is 35.7. The Labute approximate surface area is 186 Å². The van der Waals surface area contributed by atoms with Gasteiger partial charge in [0.05, 0.1) is 21.4 Å². The molecule has 0 fully saturated rings. The third-order valence-corrected chi connectivity index (χ3v) is 5.27. The fourth-order valence-electron chi connectivity index (χ4n) is 4.08. The number of benzene rings is 3. The van der Waals surface area contributed by atoms with Gasteiger partial charge in [-0.05, 0) is 24.3 Å². The maximum Gasteiger partial charge on any atom is 0.212 e. The van der Waals surface area contributed by atoms with Crippen molar-refractivity contribution in [3.8, 4) is 0 Å². The molecular weight excluding hydrogens is 432 g/mol. The standard InChI is InChI=1S/C24H21N2O.ClHO4/c27-19(16-25-15-7-9-18-8-1-4-12-22(18)25)17-26-23-13-5-2-10-20(23)21-11-3-6-14-24(21)26;2-1(3,4)5/h1-15,19,27H,16-17H2;(H,2,3,4,5)/q+1;. The second kappa shape index (κ2) is 9.22. The van der Waals surface area contributed by atoms with Gasteiger partial charge in [0.2, 0.25) is 5.52 Å². The van der Waals surface area contributed by atoms with Gasteiger partial charge in [0.1, 0.15) is 6.10 Å². The predicted molar refractivity (Wildman–Crippen MR) is 112 cm³/mol. The van der Waals surface area contributed by atoms with Crippen LogP contribution in [0.3, 0.4) is 0 Å². The first-order valence-electron chi connectivity index (χ1n) is 9.96. The minimum absolute atomic E-state index is 0.486. The van der Waals surface area contributed by atoms with Gasteiger partial charge in [0.25, 0.3) is 0 Å². The second-order valence-electron chi connectivity index (χ2n) is 7.41. The van der Waals surface area contributed by atoms with Crippen molar-refractivity contribution in [2.75, 3.05) is 0 Å². The summed E-state index contributed by atoms with van der Waals surface area (Å²) in [7, 11) is -4.69. The van der Waals surface area contributed by atoms with Gasteiger partial charge in [-0.15, -0.1) is 0 Å². The molecule has 2 aromatic heterocycles. The Morgan fingerprint density at radius 2 is 1.28 bits per heavy atom. The van der Waals surface area contributed by atoms with Crippen molar-refractivity contribution in [2.45, 2.75) is 19.2 Å². The third-order valence-electron chi connectivity index (χ3n) is 5.27. The summed E-state index contributed by atoms with van der Waals surface area (Å²) in [5.41, 5.74) is 3.47. The topological polar surface area (TPSA) is 118 Å². The molecule has 1 atom stereocenters. The molecule has 0 saturated carbocycles. The number of hydrogen-bond donors (Lipinski definition) is 2. The van der Waals surface area contributed by atoms with Crippen LogP contribution in [0.15, 0.2) is 91.1 Å². The van der Waals surface area contributed by atoms with E-state index in [1.807, 2.05) is 24.4 Å². The van der Waals surface area contributed by atoms with Crippen LogP contribution < -0.4 is 18.5 Å². The average molecular weight is 454 g/mol. The number of nitrogens with zero attached hydrogens (tertiary/aromatic N) is 2. The fourth-order valence-corrected chi connectivity index (χ4v) is 4.08. The summed E-state index contributed by atoms with van der Waals surface area (Å²) < 4.78 is 37.1. The van der Waals surface area contributed by atoms with Crippen molar-refractivity contribution >= 4 is 32.7 Å². The lowest BCUT2D eigenvalue weighted by Gasteiger charge is -2.12. The quantitative estimate of drug-likeness (QED) is 0.376. The Morgan fingerprint density at radius 3 is 1.91 bits per heavy atom. The first-order chi connectivity index (χ1) is 15.3. The maximum atomic E-state index is 10.9. The van der Waals surface area contributed by atoms with Gasteiger partial charge in [-0.1, -0.05) is 48.5 Å². The summed E-state index contributed by atoms with van der Waals surface area (Å²) in [6.45, 7) is 1.12. The van der Waals surface area contributed by atoms with Crippen LogP contribution in [0.4, 0.5) is 0 Å². The summed E-state index contributed by atoms with van der Waals surface area (Å²) in [5.74, 6) is 0. The zero-order chi connectivity index (χ0) is 22.7. The second-order valence-corrected chi connectivity index (χ2v) is 8.21. The molecule has 32 heavy (non-hydrogen) atoms. The monoisotopic (exact) mass is 453 g/mol. The van der Waals surface area contributed by atoms with Gasteiger partial charge in [0.15, 0.2) is 12.7 Å². The van der Waals surface area contributed by atoms with E-state index < -0.39 is 16.3 Å². The van der Waals surface area contributed by atoms with Crippen LogP contribution in [0.1, 0.15) is 0 Å². The van der Waals surface area contributed by atoms with Crippen LogP contribution in [0, 0.1) is 10.2 Å². The summed E-state index contributed by atoms with van der Waals surface area (Å²) in [4.78, 5) is 0. The molecule has 0 spiro atoms. The molecule has 1 unspecified atom stereocenters. The van der Waals surface area contributed by atoms with Gasteiger partial charge in [-0.2, -0.15) is 18.5 Å². The molecule has 0 radical (unpaired) electrons. The van der Waals surface area contributed by atoms with Crippen LogP contribution in [0.2, 0.25) is 0 Å². The molecule has 0 bridgehead atoms. The van der Waals surface area contributed by atoms with E-state index in [9.17, 15) is 5.11 Å². The Hall–Kier alpha value is -3.04. The molecule has 0 saturated heterocycles. The van der Waals surface area contributed by atoms with E-state index in [4.69, 9.17) is 18.6 Å². The molecule has 0 aliphatic heterocycles. The van der Waals surface area contributed by atoms with Crippen molar-refractivity contribution in [2.24, 2.45) is 0 Å². The van der Waals surface area contributed by atoms with Gasteiger partial charge in [-0.25, -0.2) is 0 Å². The Bertz CT molecular complexity index is 1300. The van der Waals surface area contributed by atoms with E-state index in [0.29, 0.717) is 13.1 Å². The van der Waals surface area contributed by atoms with Crippen molar-refractivity contribution in [1.82, 2.24) is 4.57 Å². The molecule has 5 aromatic rings. The molecule has 2 heterocycles. The number of aliphatic hydroxyl groups is 1. The average Bonchev–Trinajstić information content (AvgIpc) is 3.07. The zero-order valence-corrected chi connectivity index (χ0v) is 17.8. The third kappa shape index (κ3) is 5.05. The van der Waals surface area contributed by atoms with Crippen LogP contribution >= 0.6 is 0 Å². The van der Waals surface area contributed by atoms with Crippen molar-refractivity contribution in [3.63, 3.8) is 0 Å². The van der Waals surface area contributed by atoms with Crippen LogP contribution in [0.5, 0.6) is 0 Å². The van der Waals surface area contributed by atoms with E-state index in [1.165, 1.54) is 27.2 Å². The molecule has 5 rings (SSSR count). The number of para-hydroxylation sites is 3. The molecule has 164 valence electrons. The molecule has 2 N–H and O–H groups in total. The van der Waals surface area contributed by atoms with E-state index >= 15 is 0 Å². The highest BCUT2D eigenvalue weighted by molar-refractivity contribution is 6.07. The Kier molecular flexibility index (Phi) is 6.38. The highest BCUT2D eigenvalue weighted by Crippen LogP contribution is 2.28. The van der Waals surface area contributed by atoms with Gasteiger partial charge >= 0.3 is 0 Å².